The number of carboxylic acids is 1. The lowest BCUT2D eigenvalue weighted by Gasteiger charge is -2.22. The number of carbonyl (C=O) groups is 2. The second-order valence-corrected chi connectivity index (χ2v) is 11.3. The van der Waals surface area contributed by atoms with Crippen LogP contribution in [0.2, 0.25) is 30.1 Å². The van der Waals surface area contributed by atoms with Crippen molar-refractivity contribution in [3.8, 4) is 0 Å². The fourth-order valence-electron chi connectivity index (χ4n) is 1.83. The maximum atomic E-state index is 11.9. The van der Waals surface area contributed by atoms with Crippen molar-refractivity contribution < 1.29 is 28.9 Å². The van der Waals surface area contributed by atoms with E-state index < -0.39 is 29.6 Å². The van der Waals surface area contributed by atoms with Gasteiger partial charge in [-0.2, -0.15) is 0 Å². The Morgan fingerprint density at radius 3 is 1.78 bits per heavy atom. The number of hydrogen-bond acceptors (Lipinski definition) is 4. The van der Waals surface area contributed by atoms with E-state index in [0.717, 1.165) is 0 Å². The third-order valence-electron chi connectivity index (χ3n) is 3.26. The smallest absolute Gasteiger partial charge is 0.342 e. The molecule has 2 atom stereocenters. The van der Waals surface area contributed by atoms with Gasteiger partial charge in [-0.3, -0.25) is 4.57 Å². The number of carboxylic acid groups (broad SMARTS) is 1. The summed E-state index contributed by atoms with van der Waals surface area (Å²) in [5.41, 5.74) is -0.339. The van der Waals surface area contributed by atoms with Crippen molar-refractivity contribution >= 4 is 124 Å². The van der Waals surface area contributed by atoms with Crippen molar-refractivity contribution in [3.63, 3.8) is 0 Å². The van der Waals surface area contributed by atoms with Crippen LogP contribution < -0.4 is 0 Å². The van der Waals surface area contributed by atoms with Crippen LogP contribution in [-0.4, -0.2) is 31.6 Å². The molecule has 6 nitrogen and oxygen atoms in total. The zero-order valence-electron chi connectivity index (χ0n) is 14.8. The zero-order chi connectivity index (χ0) is 25.0. The van der Waals surface area contributed by atoms with E-state index in [1.54, 1.807) is 0 Å². The molecule has 0 saturated heterocycles. The molecule has 0 saturated carbocycles. The minimum absolute atomic E-state index is 0.0309. The first-order valence-corrected chi connectivity index (χ1v) is 12.4. The first-order valence-electron chi connectivity index (χ1n) is 7.60. The molecule has 0 spiro atoms. The third-order valence-corrected chi connectivity index (χ3v) is 7.82. The average molecular weight is 646 g/mol. The van der Waals surface area contributed by atoms with Crippen LogP contribution in [0.15, 0.2) is 24.3 Å². The number of alkyl halides is 3. The summed E-state index contributed by atoms with van der Waals surface area (Å²) in [6, 6.07) is 5.36. The monoisotopic (exact) mass is 642 g/mol. The highest BCUT2D eigenvalue weighted by Crippen LogP contribution is 2.44. The summed E-state index contributed by atoms with van der Waals surface area (Å²) >= 11 is 50.5. The Morgan fingerprint density at radius 1 is 0.844 bits per heavy atom. The fraction of sp³-hybridized carbons (Fsp3) is 0.125. The van der Waals surface area contributed by atoms with Gasteiger partial charge in [0.2, 0.25) is 17.7 Å². The molecule has 2 aromatic rings. The van der Waals surface area contributed by atoms with Gasteiger partial charge in [0, 0.05) is 0 Å². The minimum Gasteiger partial charge on any atom is -0.478 e. The molecular formula is C16H8Cl9O6P. The number of halogens is 9. The van der Waals surface area contributed by atoms with Crippen LogP contribution in [0.25, 0.3) is 0 Å². The lowest BCUT2D eigenvalue weighted by atomic mass is 10.2. The highest BCUT2D eigenvalue weighted by molar-refractivity contribution is 7.39. The molecule has 0 aliphatic heterocycles. The molecular weight excluding hydrogens is 638 g/mol. The number of hydrogen-bond donors (Lipinski definition) is 2. The predicted molar refractivity (Wildman–Crippen MR) is 131 cm³/mol. The Labute approximate surface area is 226 Å². The highest BCUT2D eigenvalue weighted by Gasteiger charge is 2.41. The Morgan fingerprint density at radius 2 is 1.31 bits per heavy atom. The molecule has 0 aliphatic carbocycles. The van der Waals surface area contributed by atoms with Gasteiger partial charge in [-0.25, -0.2) is 9.59 Å². The quantitative estimate of drug-likeness (QED) is 0.114. The van der Waals surface area contributed by atoms with E-state index in [2.05, 4.69) is 0 Å². The van der Waals surface area contributed by atoms with Crippen molar-refractivity contribution in [2.24, 2.45) is 0 Å². The van der Waals surface area contributed by atoms with Gasteiger partial charge in [-0.05, 0) is 24.3 Å². The normalized spacial score (nSPS) is 12.9. The van der Waals surface area contributed by atoms with Crippen molar-refractivity contribution in [1.82, 2.24) is 0 Å². The highest BCUT2D eigenvalue weighted by atomic mass is 35.6. The number of ether oxygens (including phenoxy) is 1. The van der Waals surface area contributed by atoms with Gasteiger partial charge in [0.05, 0.1) is 41.3 Å². The lowest BCUT2D eigenvalue weighted by molar-refractivity contribution is 0.0438. The van der Waals surface area contributed by atoms with Crippen molar-refractivity contribution in [3.05, 3.63) is 65.5 Å². The van der Waals surface area contributed by atoms with E-state index in [0.29, 0.717) is 0 Å². The summed E-state index contributed by atoms with van der Waals surface area (Å²) in [6.07, 6.45) is 0. The summed E-state index contributed by atoms with van der Waals surface area (Å²) in [4.78, 5) is 31.5. The van der Waals surface area contributed by atoms with E-state index >= 15 is 0 Å². The third kappa shape index (κ3) is 8.14. The summed E-state index contributed by atoms with van der Waals surface area (Å²) in [7, 11) is -3.48. The maximum absolute atomic E-state index is 11.9. The summed E-state index contributed by atoms with van der Waals surface area (Å²) in [5, 5.41) is 8.68. The molecule has 0 amide bonds. The largest absolute Gasteiger partial charge is 0.478 e. The summed E-state index contributed by atoms with van der Waals surface area (Å²) < 4.78 is 13.5. The number of carbonyl (C=O) groups excluding carboxylic acids is 1. The molecule has 0 aliphatic rings. The molecule has 0 aromatic heterocycles. The molecule has 2 aromatic carbocycles. The topological polar surface area (TPSA) is 101 Å². The van der Waals surface area contributed by atoms with Crippen LogP contribution in [0.1, 0.15) is 20.7 Å². The summed E-state index contributed by atoms with van der Waals surface area (Å²) in [6.45, 7) is 0. The van der Waals surface area contributed by atoms with Crippen LogP contribution in [0.4, 0.5) is 0 Å². The molecule has 2 rings (SSSR count). The second kappa shape index (κ2) is 12.8. The molecule has 2 N–H and O–H groups in total. The second-order valence-electron chi connectivity index (χ2n) is 5.41. The van der Waals surface area contributed by atoms with Crippen molar-refractivity contribution in [2.75, 3.05) is 0 Å². The lowest BCUT2D eigenvalue weighted by Crippen LogP contribution is -2.28. The van der Waals surface area contributed by atoms with Crippen LogP contribution in [0, 0.1) is 0 Å². The molecule has 0 fully saturated rings. The Bertz CT molecular complexity index is 1060. The zero-order valence-corrected chi connectivity index (χ0v) is 22.6. The maximum Gasteiger partial charge on any atom is 0.342 e. The number of aromatic carboxylic acids is 1. The predicted octanol–water partition coefficient (Wildman–Crippen LogP) is 8.31. The first kappa shape index (κ1) is 30.2. The molecule has 0 heterocycles. The van der Waals surface area contributed by atoms with E-state index in [4.69, 9.17) is 119 Å². The van der Waals surface area contributed by atoms with E-state index in [-0.39, 0.29) is 41.3 Å². The van der Waals surface area contributed by atoms with Crippen LogP contribution in [-0.2, 0) is 9.30 Å². The molecule has 176 valence electrons. The molecule has 0 radical (unpaired) electrons. The Balaban J connectivity index is 0.000000363. The van der Waals surface area contributed by atoms with Crippen molar-refractivity contribution in [2.45, 2.75) is 9.64 Å². The fourth-order valence-corrected chi connectivity index (χ4v) is 4.59. The van der Waals surface area contributed by atoms with E-state index in [1.165, 1.54) is 24.3 Å². The van der Waals surface area contributed by atoms with Gasteiger partial charge in [-0.15, -0.1) is 0 Å². The Hall–Kier alpha value is 0.180. The van der Waals surface area contributed by atoms with Gasteiger partial charge in [0.1, 0.15) is 0 Å². The Kier molecular flexibility index (Phi) is 12.0. The SMILES string of the molecule is O=C(O)c1ccc(Cl)c(Cl)c1Cl.O=C(OC([PH](=O)O)C(Cl)(Cl)Cl)c1c(Cl)ccc(Cl)c1Cl. The van der Waals surface area contributed by atoms with Crippen LogP contribution >= 0.6 is 112 Å². The van der Waals surface area contributed by atoms with Crippen LogP contribution in [0.3, 0.4) is 0 Å². The van der Waals surface area contributed by atoms with Crippen LogP contribution in [0.5, 0.6) is 0 Å². The average Bonchev–Trinajstić information content (AvgIpc) is 2.66. The minimum atomic E-state index is -3.48. The molecule has 0 bridgehead atoms. The molecule has 16 heteroatoms. The van der Waals surface area contributed by atoms with Crippen molar-refractivity contribution in [1.29, 1.82) is 0 Å². The number of esters is 1. The standard InChI is InChI=1S/C9H5Cl6O4P.C7H3Cl3O2/c10-3-1-2-4(11)6(12)5(3)7(16)19-8(20(17)18)9(13,14)15;8-4-2-1-3(7(11)12)5(9)6(4)10/h1-2,8,20H,(H,17,18);1-2H,(H,11,12). The summed E-state index contributed by atoms with van der Waals surface area (Å²) in [5.74, 6) is -4.11. The van der Waals surface area contributed by atoms with Gasteiger partial charge < -0.3 is 14.7 Å². The van der Waals surface area contributed by atoms with E-state index in [1.807, 2.05) is 0 Å². The van der Waals surface area contributed by atoms with Gasteiger partial charge >= 0.3 is 11.9 Å². The van der Waals surface area contributed by atoms with Gasteiger partial charge in [0.15, 0.2) is 0 Å². The first-order chi connectivity index (χ1) is 14.6. The van der Waals surface area contributed by atoms with Gasteiger partial charge in [0.25, 0.3) is 0 Å². The van der Waals surface area contributed by atoms with E-state index in [9.17, 15) is 14.2 Å². The molecule has 2 unspecified atom stereocenters. The number of benzene rings is 2. The van der Waals surface area contributed by atoms with Gasteiger partial charge in [-0.1, -0.05) is 104 Å². The number of rotatable bonds is 4. The molecule has 32 heavy (non-hydrogen) atoms.